The first-order valence-corrected chi connectivity index (χ1v) is 9.00. The van der Waals surface area contributed by atoms with Crippen molar-refractivity contribution in [1.82, 2.24) is 0 Å². The minimum Gasteiger partial charge on any atom is -0.497 e. The van der Waals surface area contributed by atoms with E-state index in [2.05, 4.69) is 5.16 Å². The molecule has 0 N–H and O–H groups in total. The highest BCUT2D eigenvalue weighted by molar-refractivity contribution is 7.87. The molecule has 0 atom stereocenters. The Morgan fingerprint density at radius 2 is 1.69 bits per heavy atom. The highest BCUT2D eigenvalue weighted by Crippen LogP contribution is 2.24. The first kappa shape index (κ1) is 17.5. The van der Waals surface area contributed by atoms with Gasteiger partial charge in [0.05, 0.1) is 7.11 Å². The van der Waals surface area contributed by atoms with Gasteiger partial charge in [-0.15, -0.1) is 0 Å². The minimum absolute atomic E-state index is 0.00799. The number of oxime groups is 1. The van der Waals surface area contributed by atoms with Crippen LogP contribution in [0.25, 0.3) is 10.8 Å². The van der Waals surface area contributed by atoms with Crippen molar-refractivity contribution in [2.45, 2.75) is 4.90 Å². The van der Waals surface area contributed by atoms with Crippen LogP contribution in [0.3, 0.4) is 0 Å². The minimum atomic E-state index is -4.18. The Bertz CT molecular complexity index is 1110. The second kappa shape index (κ2) is 7.25. The van der Waals surface area contributed by atoms with Crippen molar-refractivity contribution in [3.05, 3.63) is 72.3 Å². The topological polar surface area (TPSA) is 88.8 Å². The summed E-state index contributed by atoms with van der Waals surface area (Å²) >= 11 is 0. The Morgan fingerprint density at radius 3 is 2.38 bits per heavy atom. The van der Waals surface area contributed by atoms with Crippen molar-refractivity contribution >= 4 is 26.6 Å². The lowest BCUT2D eigenvalue weighted by Gasteiger charge is -2.06. The van der Waals surface area contributed by atoms with Gasteiger partial charge in [-0.05, 0) is 35.7 Å². The van der Waals surface area contributed by atoms with Crippen LogP contribution in [0.5, 0.6) is 5.75 Å². The van der Waals surface area contributed by atoms with Crippen LogP contribution in [0.15, 0.2) is 76.8 Å². The van der Waals surface area contributed by atoms with Gasteiger partial charge >= 0.3 is 10.1 Å². The second-order valence-electron chi connectivity index (χ2n) is 5.29. The molecule has 0 saturated carbocycles. The van der Waals surface area contributed by atoms with Crippen molar-refractivity contribution in [3.63, 3.8) is 0 Å². The molecule has 0 aliphatic heterocycles. The van der Waals surface area contributed by atoms with Gasteiger partial charge in [0.25, 0.3) is 0 Å². The summed E-state index contributed by atoms with van der Waals surface area (Å²) in [5.41, 5.74) is 0.262. The molecule has 3 aromatic carbocycles. The summed E-state index contributed by atoms with van der Waals surface area (Å²) in [5, 5.41) is 14.1. The molecule has 0 aliphatic rings. The molecular formula is C19H14N2O4S. The van der Waals surface area contributed by atoms with Gasteiger partial charge in [-0.2, -0.15) is 13.7 Å². The lowest BCUT2D eigenvalue weighted by atomic mass is 10.1. The third-order valence-corrected chi connectivity index (χ3v) is 4.88. The molecule has 0 aromatic heterocycles. The average molecular weight is 366 g/mol. The smallest absolute Gasteiger partial charge is 0.359 e. The predicted octanol–water partition coefficient (Wildman–Crippen LogP) is 3.48. The fourth-order valence-corrected chi connectivity index (χ4v) is 3.38. The monoisotopic (exact) mass is 366 g/mol. The first-order valence-electron chi connectivity index (χ1n) is 7.59. The van der Waals surface area contributed by atoms with E-state index in [1.165, 1.54) is 13.2 Å². The first-order chi connectivity index (χ1) is 12.5. The molecule has 0 spiro atoms. The summed E-state index contributed by atoms with van der Waals surface area (Å²) in [6, 6.07) is 20.2. The molecule has 0 saturated heterocycles. The number of rotatable bonds is 5. The number of fused-ring (bicyclic) bond motifs is 1. The van der Waals surface area contributed by atoms with E-state index in [4.69, 9.17) is 9.02 Å². The summed E-state index contributed by atoms with van der Waals surface area (Å²) in [6.07, 6.45) is 0. The van der Waals surface area contributed by atoms with Crippen LogP contribution in [0.2, 0.25) is 0 Å². The van der Waals surface area contributed by atoms with Gasteiger partial charge in [0.15, 0.2) is 5.71 Å². The number of benzene rings is 3. The molecule has 3 aromatic rings. The van der Waals surface area contributed by atoms with Crippen molar-refractivity contribution in [3.8, 4) is 11.8 Å². The average Bonchev–Trinajstić information content (AvgIpc) is 2.68. The summed E-state index contributed by atoms with van der Waals surface area (Å²) < 4.78 is 34.9. The molecule has 0 unspecified atom stereocenters. The SMILES string of the molecule is COc1ccc(/C(C#N)=N\OS(=O)(=O)c2cccc3ccccc23)cc1. The molecule has 0 heterocycles. The molecule has 0 radical (unpaired) electrons. The number of methoxy groups -OCH3 is 1. The normalized spacial score (nSPS) is 11.8. The Hall–Kier alpha value is -3.37. The van der Waals surface area contributed by atoms with E-state index in [0.717, 1.165) is 5.39 Å². The molecular weight excluding hydrogens is 352 g/mol. The van der Waals surface area contributed by atoms with E-state index in [9.17, 15) is 13.7 Å². The largest absolute Gasteiger partial charge is 0.497 e. The van der Waals surface area contributed by atoms with Crippen LogP contribution >= 0.6 is 0 Å². The summed E-state index contributed by atoms with van der Waals surface area (Å²) in [5.74, 6) is 0.607. The molecule has 130 valence electrons. The van der Waals surface area contributed by atoms with Crippen molar-refractivity contribution in [2.24, 2.45) is 5.16 Å². The Balaban J connectivity index is 1.95. The Kier molecular flexibility index (Phi) is 4.87. The maximum atomic E-state index is 12.5. The molecule has 6 nitrogen and oxygen atoms in total. The maximum absolute atomic E-state index is 12.5. The van der Waals surface area contributed by atoms with Crippen molar-refractivity contribution in [1.29, 1.82) is 5.26 Å². The van der Waals surface area contributed by atoms with Gasteiger partial charge in [-0.25, -0.2) is 0 Å². The zero-order valence-electron chi connectivity index (χ0n) is 13.8. The van der Waals surface area contributed by atoms with Crippen LogP contribution in [-0.2, 0) is 14.4 Å². The zero-order valence-corrected chi connectivity index (χ0v) is 14.6. The van der Waals surface area contributed by atoms with E-state index < -0.39 is 10.1 Å². The van der Waals surface area contributed by atoms with Gasteiger partial charge in [0, 0.05) is 10.9 Å². The fourth-order valence-electron chi connectivity index (χ4n) is 2.43. The third kappa shape index (κ3) is 3.50. The zero-order chi connectivity index (χ0) is 18.6. The van der Waals surface area contributed by atoms with E-state index in [1.54, 1.807) is 54.6 Å². The number of nitriles is 1. The quantitative estimate of drug-likeness (QED) is 0.509. The highest BCUT2D eigenvalue weighted by Gasteiger charge is 2.19. The predicted molar refractivity (Wildman–Crippen MR) is 97.4 cm³/mol. The lowest BCUT2D eigenvalue weighted by Crippen LogP contribution is -2.06. The summed E-state index contributed by atoms with van der Waals surface area (Å²) in [6.45, 7) is 0. The summed E-state index contributed by atoms with van der Waals surface area (Å²) in [4.78, 5) is -0.00799. The molecule has 7 heteroatoms. The van der Waals surface area contributed by atoms with Crippen LogP contribution in [0, 0.1) is 11.3 Å². The summed E-state index contributed by atoms with van der Waals surface area (Å²) in [7, 11) is -2.65. The van der Waals surface area contributed by atoms with Gasteiger partial charge in [-0.1, -0.05) is 41.6 Å². The van der Waals surface area contributed by atoms with Gasteiger partial charge in [0.1, 0.15) is 16.7 Å². The molecule has 0 aliphatic carbocycles. The van der Waals surface area contributed by atoms with E-state index in [1.807, 2.05) is 12.1 Å². The van der Waals surface area contributed by atoms with E-state index in [0.29, 0.717) is 16.7 Å². The molecule has 3 rings (SSSR count). The van der Waals surface area contributed by atoms with E-state index in [-0.39, 0.29) is 10.6 Å². The van der Waals surface area contributed by atoms with Crippen molar-refractivity contribution in [2.75, 3.05) is 7.11 Å². The standard InChI is InChI=1S/C19H14N2O4S/c1-24-16-11-9-15(10-12-16)18(13-20)21-25-26(22,23)19-8-4-6-14-5-2-3-7-17(14)19/h2-12H,1H3/b21-18-. The van der Waals surface area contributed by atoms with Gasteiger partial charge in [0.2, 0.25) is 0 Å². The van der Waals surface area contributed by atoms with Crippen molar-refractivity contribution < 1.29 is 17.4 Å². The number of hydrogen-bond acceptors (Lipinski definition) is 6. The number of nitrogens with zero attached hydrogens (tertiary/aromatic N) is 2. The van der Waals surface area contributed by atoms with Crippen LogP contribution in [0.1, 0.15) is 5.56 Å². The Morgan fingerprint density at radius 1 is 1.00 bits per heavy atom. The van der Waals surface area contributed by atoms with Crippen LogP contribution < -0.4 is 4.74 Å². The second-order valence-corrected chi connectivity index (χ2v) is 6.78. The van der Waals surface area contributed by atoms with E-state index >= 15 is 0 Å². The molecule has 0 fully saturated rings. The van der Waals surface area contributed by atoms with Gasteiger partial charge in [-0.3, -0.25) is 4.28 Å². The lowest BCUT2D eigenvalue weighted by molar-refractivity contribution is 0.340. The molecule has 0 bridgehead atoms. The number of hydrogen-bond donors (Lipinski definition) is 0. The highest BCUT2D eigenvalue weighted by atomic mass is 32.2. The van der Waals surface area contributed by atoms with Crippen LogP contribution in [0.4, 0.5) is 0 Å². The maximum Gasteiger partial charge on any atom is 0.359 e. The molecule has 26 heavy (non-hydrogen) atoms. The van der Waals surface area contributed by atoms with Crippen LogP contribution in [-0.4, -0.2) is 21.2 Å². The third-order valence-electron chi connectivity index (χ3n) is 3.72. The fraction of sp³-hybridized carbons (Fsp3) is 0.0526. The molecule has 0 amide bonds. The number of ether oxygens (including phenoxy) is 1. The van der Waals surface area contributed by atoms with Gasteiger partial charge < -0.3 is 4.74 Å². The Labute approximate surface area is 151 Å².